The van der Waals surface area contributed by atoms with Crippen molar-refractivity contribution in [2.45, 2.75) is 50.1 Å². The summed E-state index contributed by atoms with van der Waals surface area (Å²) in [5, 5.41) is 38.0. The zero-order valence-corrected chi connectivity index (χ0v) is 19.0. The van der Waals surface area contributed by atoms with Gasteiger partial charge >= 0.3 is 5.97 Å². The predicted octanol–water partition coefficient (Wildman–Crippen LogP) is 1.09. The highest BCUT2D eigenvalue weighted by atomic mass is 16.6. The first-order valence-electron chi connectivity index (χ1n) is 11.2. The summed E-state index contributed by atoms with van der Waals surface area (Å²) in [5.41, 5.74) is -0.778. The first-order valence-corrected chi connectivity index (χ1v) is 11.2. The molecule has 182 valence electrons. The largest absolute Gasteiger partial charge is 0.456 e. The van der Waals surface area contributed by atoms with Crippen LogP contribution in [-0.4, -0.2) is 61.6 Å². The maximum Gasteiger partial charge on any atom is 0.310 e. The third kappa shape index (κ3) is 4.59. The van der Waals surface area contributed by atoms with Crippen molar-refractivity contribution in [3.8, 4) is 6.07 Å². The number of rotatable bonds is 8. The number of hydrogen-bond acceptors (Lipinski definition) is 9. The molecule has 35 heavy (non-hydrogen) atoms. The van der Waals surface area contributed by atoms with Gasteiger partial charge < -0.3 is 25.0 Å². The van der Waals surface area contributed by atoms with Crippen LogP contribution in [0.5, 0.6) is 0 Å². The lowest BCUT2D eigenvalue weighted by Gasteiger charge is -2.24. The fourth-order valence-electron chi connectivity index (χ4n) is 4.14. The van der Waals surface area contributed by atoms with Crippen molar-refractivity contribution in [1.29, 1.82) is 5.26 Å². The molecular weight excluding hydrogens is 454 g/mol. The number of anilines is 1. The van der Waals surface area contributed by atoms with Crippen molar-refractivity contribution in [3.63, 3.8) is 0 Å². The molecule has 2 aromatic heterocycles. The molecule has 4 atom stereocenters. The van der Waals surface area contributed by atoms with E-state index < -0.39 is 36.5 Å². The number of ether oxygens (including phenoxy) is 2. The Labute approximate surface area is 200 Å². The number of hydrogen-bond donors (Lipinski definition) is 3. The van der Waals surface area contributed by atoms with E-state index in [-0.39, 0.29) is 23.8 Å². The lowest BCUT2D eigenvalue weighted by atomic mass is 9.92. The van der Waals surface area contributed by atoms with Gasteiger partial charge in [0.1, 0.15) is 30.1 Å². The Hall–Kier alpha value is -3.85. The van der Waals surface area contributed by atoms with Gasteiger partial charge in [-0.2, -0.15) is 10.4 Å². The summed E-state index contributed by atoms with van der Waals surface area (Å²) in [6.07, 6.45) is -1.97. The Morgan fingerprint density at radius 2 is 2.06 bits per heavy atom. The molecule has 3 heterocycles. The second-order valence-corrected chi connectivity index (χ2v) is 8.17. The van der Waals surface area contributed by atoms with Gasteiger partial charge in [0, 0.05) is 6.42 Å². The molecule has 3 N–H and O–H groups in total. The summed E-state index contributed by atoms with van der Waals surface area (Å²) in [6.45, 7) is 1.28. The second-order valence-electron chi connectivity index (χ2n) is 8.17. The fourth-order valence-corrected chi connectivity index (χ4v) is 4.14. The first-order chi connectivity index (χ1) is 16.9. The van der Waals surface area contributed by atoms with Gasteiger partial charge in [0.05, 0.1) is 18.7 Å². The molecule has 11 nitrogen and oxygen atoms in total. The normalized spacial score (nSPS) is 23.7. The van der Waals surface area contributed by atoms with E-state index in [1.165, 1.54) is 16.9 Å². The van der Waals surface area contributed by atoms with Crippen molar-refractivity contribution < 1.29 is 29.3 Å². The fraction of sp³-hybridized carbons (Fsp3) is 0.375. The van der Waals surface area contributed by atoms with E-state index in [1.807, 2.05) is 19.1 Å². The number of nitrogens with one attached hydrogen (secondary N) is 1. The number of amides is 1. The summed E-state index contributed by atoms with van der Waals surface area (Å²) in [6, 6.07) is 14.0. The van der Waals surface area contributed by atoms with Gasteiger partial charge in [-0.05, 0) is 24.1 Å². The molecule has 0 bridgehead atoms. The summed E-state index contributed by atoms with van der Waals surface area (Å²) in [4.78, 5) is 28.7. The van der Waals surface area contributed by atoms with Crippen LogP contribution in [0.2, 0.25) is 0 Å². The minimum atomic E-state index is -2.00. The lowest BCUT2D eigenvalue weighted by molar-refractivity contribution is -0.155. The number of carbonyl (C=O) groups is 2. The third-order valence-corrected chi connectivity index (χ3v) is 5.80. The zero-order valence-electron chi connectivity index (χ0n) is 19.0. The quantitative estimate of drug-likeness (QED) is 0.402. The number of esters is 1. The molecule has 0 radical (unpaired) electrons. The van der Waals surface area contributed by atoms with Gasteiger partial charge in [-0.1, -0.05) is 37.3 Å². The molecule has 0 unspecified atom stereocenters. The number of aliphatic hydroxyl groups is 2. The minimum absolute atomic E-state index is 0.0517. The molecule has 1 fully saturated rings. The van der Waals surface area contributed by atoms with Crippen LogP contribution in [0.3, 0.4) is 0 Å². The van der Waals surface area contributed by atoms with Crippen LogP contribution in [-0.2, 0) is 31.1 Å². The van der Waals surface area contributed by atoms with E-state index in [0.29, 0.717) is 23.9 Å². The molecule has 11 heteroatoms. The predicted molar refractivity (Wildman–Crippen MR) is 122 cm³/mol. The highest BCUT2D eigenvalue weighted by Gasteiger charge is 2.59. The van der Waals surface area contributed by atoms with Gasteiger partial charge in [0.2, 0.25) is 11.5 Å². The zero-order chi connectivity index (χ0) is 25.0. The summed E-state index contributed by atoms with van der Waals surface area (Å²) < 4.78 is 12.6. The van der Waals surface area contributed by atoms with Gasteiger partial charge in [-0.15, -0.1) is 0 Å². The molecule has 1 saturated heterocycles. The smallest absolute Gasteiger partial charge is 0.310 e. The number of aromatic nitrogens is 3. The van der Waals surface area contributed by atoms with Crippen LogP contribution in [0.4, 0.5) is 5.82 Å². The highest BCUT2D eigenvalue weighted by molar-refractivity contribution is 5.93. The van der Waals surface area contributed by atoms with Gasteiger partial charge in [-0.25, -0.2) is 9.50 Å². The number of nitrogens with zero attached hydrogens (tertiary/aromatic N) is 4. The van der Waals surface area contributed by atoms with E-state index in [1.54, 1.807) is 30.3 Å². The molecule has 4 rings (SSSR count). The average Bonchev–Trinajstić information content (AvgIpc) is 3.40. The number of carbonyl (C=O) groups excluding carboxylic acids is 2. The van der Waals surface area contributed by atoms with Crippen molar-refractivity contribution in [2.75, 3.05) is 11.9 Å². The second kappa shape index (κ2) is 10.2. The number of nitriles is 1. The topological polar surface area (TPSA) is 159 Å². The van der Waals surface area contributed by atoms with Gasteiger partial charge in [0.25, 0.3) is 0 Å². The summed E-state index contributed by atoms with van der Waals surface area (Å²) in [7, 11) is 0. The molecule has 3 aromatic rings. The van der Waals surface area contributed by atoms with Crippen LogP contribution in [0, 0.1) is 11.3 Å². The van der Waals surface area contributed by atoms with Gasteiger partial charge in [-0.3, -0.25) is 9.59 Å². The Morgan fingerprint density at radius 1 is 1.29 bits per heavy atom. The summed E-state index contributed by atoms with van der Waals surface area (Å²) >= 11 is 0. The van der Waals surface area contributed by atoms with Crippen LogP contribution in [0.25, 0.3) is 5.52 Å². The van der Waals surface area contributed by atoms with Crippen molar-refractivity contribution in [3.05, 3.63) is 60.0 Å². The highest BCUT2D eigenvalue weighted by Crippen LogP contribution is 2.41. The molecule has 0 aliphatic carbocycles. The number of aliphatic hydroxyl groups excluding tert-OH is 2. The van der Waals surface area contributed by atoms with Crippen LogP contribution < -0.4 is 5.32 Å². The first kappa shape index (κ1) is 24.3. The van der Waals surface area contributed by atoms with Crippen molar-refractivity contribution in [2.24, 2.45) is 0 Å². The molecular formula is C24H25N5O6. The van der Waals surface area contributed by atoms with Crippen LogP contribution in [0.1, 0.15) is 31.0 Å². The SMILES string of the molecule is CCCC(=O)Nc1ncnn2c([C@]3(C#N)O[C@H](CO)[C@@H](OC(=O)Cc4ccccc4)[C@H]3O)ccc12. The van der Waals surface area contributed by atoms with Crippen LogP contribution >= 0.6 is 0 Å². The molecule has 0 spiro atoms. The molecule has 1 aliphatic heterocycles. The lowest BCUT2D eigenvalue weighted by Crippen LogP contribution is -2.43. The average molecular weight is 479 g/mol. The maximum atomic E-state index is 12.6. The Bertz CT molecular complexity index is 1260. The Kier molecular flexibility index (Phi) is 7.07. The molecule has 1 amide bonds. The third-order valence-electron chi connectivity index (χ3n) is 5.80. The Morgan fingerprint density at radius 3 is 2.74 bits per heavy atom. The maximum absolute atomic E-state index is 12.6. The summed E-state index contributed by atoms with van der Waals surface area (Å²) in [5.74, 6) is -0.636. The molecule has 1 aromatic carbocycles. The standard InChI is InChI=1S/C24H25N5O6/c1-2-6-19(31)28-23-16-9-10-18(29(16)27-14-26-23)24(13-25)22(33)21(17(12-30)35-24)34-20(32)11-15-7-4-3-5-8-15/h3-5,7-10,14,17,21-22,30,33H,2,6,11-12H2,1H3,(H,26,27,28,31)/t17-,21-,22-,24+/m1/s1. The van der Waals surface area contributed by atoms with E-state index in [4.69, 9.17) is 9.47 Å². The van der Waals surface area contributed by atoms with E-state index in [2.05, 4.69) is 15.4 Å². The Balaban J connectivity index is 1.64. The number of benzene rings is 1. The molecule has 0 saturated carbocycles. The van der Waals surface area contributed by atoms with Crippen molar-refractivity contribution >= 4 is 23.2 Å². The van der Waals surface area contributed by atoms with E-state index in [0.717, 1.165) is 0 Å². The monoisotopic (exact) mass is 479 g/mol. The minimum Gasteiger partial charge on any atom is -0.456 e. The van der Waals surface area contributed by atoms with Crippen LogP contribution in [0.15, 0.2) is 48.8 Å². The van der Waals surface area contributed by atoms with Crippen molar-refractivity contribution in [1.82, 2.24) is 14.6 Å². The van der Waals surface area contributed by atoms with Gasteiger partial charge in [0.15, 0.2) is 11.9 Å². The molecule has 1 aliphatic rings. The van der Waals surface area contributed by atoms with E-state index in [9.17, 15) is 25.1 Å². The number of fused-ring (bicyclic) bond motifs is 1. The van der Waals surface area contributed by atoms with E-state index >= 15 is 0 Å².